The number of piperidine rings is 1. The fourth-order valence-electron chi connectivity index (χ4n) is 3.06. The van der Waals surface area contributed by atoms with Crippen LogP contribution in [0.4, 0.5) is 17.3 Å². The number of anilines is 3. The first-order valence-electron chi connectivity index (χ1n) is 8.36. The Morgan fingerprint density at radius 3 is 2.83 bits per heavy atom. The van der Waals surface area contributed by atoms with Gasteiger partial charge in [-0.15, -0.1) is 0 Å². The number of hydrogen-bond donors (Lipinski definition) is 2. The molecule has 1 fully saturated rings. The third-order valence-corrected chi connectivity index (χ3v) is 4.31. The highest BCUT2D eigenvalue weighted by molar-refractivity contribution is 5.59. The maximum absolute atomic E-state index is 11.6. The first-order valence-corrected chi connectivity index (χ1v) is 8.36. The maximum Gasteiger partial charge on any atom is 0.252 e. The van der Waals surface area contributed by atoms with E-state index in [1.165, 1.54) is 24.6 Å². The lowest BCUT2D eigenvalue weighted by atomic mass is 10.00. The van der Waals surface area contributed by atoms with Crippen LogP contribution < -0.4 is 15.8 Å². The van der Waals surface area contributed by atoms with Gasteiger partial charge in [-0.1, -0.05) is 13.8 Å². The van der Waals surface area contributed by atoms with Crippen LogP contribution >= 0.6 is 0 Å². The molecule has 1 saturated heterocycles. The second-order valence-electron chi connectivity index (χ2n) is 6.30. The highest BCUT2D eigenvalue weighted by Gasteiger charge is 2.16. The number of aromatic nitrogens is 2. The van der Waals surface area contributed by atoms with Crippen LogP contribution in [0.2, 0.25) is 0 Å². The number of rotatable bonds is 4. The van der Waals surface area contributed by atoms with Crippen LogP contribution in [0.3, 0.4) is 0 Å². The molecular formula is C18H24N4O. The van der Waals surface area contributed by atoms with E-state index in [-0.39, 0.29) is 5.56 Å². The van der Waals surface area contributed by atoms with Crippen molar-refractivity contribution >= 4 is 17.3 Å². The molecule has 1 aromatic heterocycles. The molecule has 0 aliphatic carbocycles. The van der Waals surface area contributed by atoms with Gasteiger partial charge in [0.15, 0.2) is 0 Å². The lowest BCUT2D eigenvalue weighted by Crippen LogP contribution is -2.34. The smallest absolute Gasteiger partial charge is 0.252 e. The number of H-pyrrole nitrogens is 1. The maximum atomic E-state index is 11.6. The molecule has 3 rings (SSSR count). The number of nitrogens with zero attached hydrogens (tertiary/aromatic N) is 2. The third kappa shape index (κ3) is 3.92. The summed E-state index contributed by atoms with van der Waals surface area (Å²) >= 11 is 0. The van der Waals surface area contributed by atoms with Crippen molar-refractivity contribution < 1.29 is 0 Å². The highest BCUT2D eigenvalue weighted by Crippen LogP contribution is 2.24. The summed E-state index contributed by atoms with van der Waals surface area (Å²) in [6, 6.07) is 9.86. The molecule has 0 bridgehead atoms. The van der Waals surface area contributed by atoms with Crippen molar-refractivity contribution in [1.82, 2.24) is 9.97 Å². The minimum Gasteiger partial charge on any atom is -0.371 e. The zero-order valence-electron chi connectivity index (χ0n) is 13.8. The van der Waals surface area contributed by atoms with Gasteiger partial charge < -0.3 is 10.2 Å². The second kappa shape index (κ2) is 6.86. The van der Waals surface area contributed by atoms with E-state index in [9.17, 15) is 4.79 Å². The van der Waals surface area contributed by atoms with Crippen molar-refractivity contribution in [3.8, 4) is 0 Å². The molecule has 1 aliphatic rings. The number of aryl methyl sites for hydroxylation is 1. The van der Waals surface area contributed by atoms with E-state index in [4.69, 9.17) is 0 Å². The first kappa shape index (κ1) is 15.6. The van der Waals surface area contributed by atoms with E-state index in [1.54, 1.807) is 0 Å². The van der Waals surface area contributed by atoms with Crippen LogP contribution in [-0.2, 0) is 6.42 Å². The number of nitrogens with one attached hydrogen (secondary N) is 2. The van der Waals surface area contributed by atoms with Gasteiger partial charge in [-0.2, -0.15) is 0 Å². The highest BCUT2D eigenvalue weighted by atomic mass is 16.1. The Morgan fingerprint density at radius 2 is 2.13 bits per heavy atom. The minimum absolute atomic E-state index is 0.127. The van der Waals surface area contributed by atoms with Gasteiger partial charge >= 0.3 is 0 Å². The van der Waals surface area contributed by atoms with Gasteiger partial charge in [-0.25, -0.2) is 4.98 Å². The molecule has 1 atom stereocenters. The summed E-state index contributed by atoms with van der Waals surface area (Å²) in [4.78, 5) is 21.2. The van der Waals surface area contributed by atoms with Crippen LogP contribution in [0, 0.1) is 5.92 Å². The number of benzene rings is 1. The molecule has 5 nitrogen and oxygen atoms in total. The van der Waals surface area contributed by atoms with Gasteiger partial charge in [0, 0.05) is 36.2 Å². The van der Waals surface area contributed by atoms with Crippen LogP contribution in [0.5, 0.6) is 0 Å². The summed E-state index contributed by atoms with van der Waals surface area (Å²) < 4.78 is 0. The molecule has 0 radical (unpaired) electrons. The van der Waals surface area contributed by atoms with Crippen LogP contribution in [0.15, 0.2) is 35.1 Å². The normalized spacial score (nSPS) is 18.0. The molecule has 2 N–H and O–H groups in total. The standard InChI is InChI=1S/C18H24N4O/c1-3-14-11-17(23)21-18(19-14)20-15-6-8-16(9-7-15)22-10-4-5-13(2)12-22/h6-9,11,13H,3-5,10,12H2,1-2H3,(H2,19,20,21,23). The predicted molar refractivity (Wildman–Crippen MR) is 94.6 cm³/mol. The molecule has 0 saturated carbocycles. The van der Waals surface area contributed by atoms with Crippen LogP contribution in [-0.4, -0.2) is 23.1 Å². The zero-order chi connectivity index (χ0) is 16.2. The fourth-order valence-corrected chi connectivity index (χ4v) is 3.06. The van der Waals surface area contributed by atoms with Crippen LogP contribution in [0.25, 0.3) is 0 Å². The van der Waals surface area contributed by atoms with Gasteiger partial charge in [0.2, 0.25) is 5.95 Å². The van der Waals surface area contributed by atoms with Gasteiger partial charge in [0.1, 0.15) is 0 Å². The lowest BCUT2D eigenvalue weighted by molar-refractivity contribution is 0.447. The quantitative estimate of drug-likeness (QED) is 0.909. The van der Waals surface area contributed by atoms with Crippen molar-refractivity contribution in [2.24, 2.45) is 5.92 Å². The average Bonchev–Trinajstić information content (AvgIpc) is 2.55. The van der Waals surface area contributed by atoms with E-state index < -0.39 is 0 Å². The molecule has 0 amide bonds. The Hall–Kier alpha value is -2.30. The number of hydrogen-bond acceptors (Lipinski definition) is 4. The van der Waals surface area contributed by atoms with E-state index in [0.29, 0.717) is 5.95 Å². The van der Waals surface area contributed by atoms with E-state index >= 15 is 0 Å². The topological polar surface area (TPSA) is 61.0 Å². The summed E-state index contributed by atoms with van der Waals surface area (Å²) in [6.07, 6.45) is 3.32. The summed E-state index contributed by atoms with van der Waals surface area (Å²) in [5.74, 6) is 1.25. The van der Waals surface area contributed by atoms with E-state index in [1.807, 2.05) is 19.1 Å². The van der Waals surface area contributed by atoms with Crippen molar-refractivity contribution in [2.75, 3.05) is 23.3 Å². The molecule has 122 valence electrons. The second-order valence-corrected chi connectivity index (χ2v) is 6.30. The van der Waals surface area contributed by atoms with E-state index in [2.05, 4.69) is 39.2 Å². The largest absolute Gasteiger partial charge is 0.371 e. The van der Waals surface area contributed by atoms with Crippen molar-refractivity contribution in [3.63, 3.8) is 0 Å². The molecule has 0 spiro atoms. The summed E-state index contributed by atoms with van der Waals surface area (Å²) in [5, 5.41) is 3.17. The SMILES string of the molecule is CCc1cc(=O)[nH]c(Nc2ccc(N3CCCC(C)C3)cc2)n1. The predicted octanol–water partition coefficient (Wildman–Crippen LogP) is 3.31. The Kier molecular flexibility index (Phi) is 4.65. The molecule has 1 aliphatic heterocycles. The molecule has 2 heterocycles. The number of aromatic amines is 1. The van der Waals surface area contributed by atoms with Crippen molar-refractivity contribution in [3.05, 3.63) is 46.4 Å². The van der Waals surface area contributed by atoms with Crippen molar-refractivity contribution in [1.29, 1.82) is 0 Å². The van der Waals surface area contributed by atoms with Gasteiger partial charge in [-0.3, -0.25) is 9.78 Å². The van der Waals surface area contributed by atoms with Crippen molar-refractivity contribution in [2.45, 2.75) is 33.1 Å². The molecule has 1 unspecified atom stereocenters. The summed E-state index contributed by atoms with van der Waals surface area (Å²) in [7, 11) is 0. The molecular weight excluding hydrogens is 288 g/mol. The molecule has 1 aromatic carbocycles. The fraction of sp³-hybridized carbons (Fsp3) is 0.444. The lowest BCUT2D eigenvalue weighted by Gasteiger charge is -2.32. The Bertz CT molecular complexity index is 708. The summed E-state index contributed by atoms with van der Waals surface area (Å²) in [6.45, 7) is 6.55. The summed E-state index contributed by atoms with van der Waals surface area (Å²) in [5.41, 5.74) is 2.84. The first-order chi connectivity index (χ1) is 11.1. The average molecular weight is 312 g/mol. The Balaban J connectivity index is 1.72. The van der Waals surface area contributed by atoms with Gasteiger partial charge in [-0.05, 0) is 49.4 Å². The van der Waals surface area contributed by atoms with Gasteiger partial charge in [0.05, 0.1) is 0 Å². The Labute approximate surface area is 136 Å². The molecule has 23 heavy (non-hydrogen) atoms. The van der Waals surface area contributed by atoms with Crippen LogP contribution in [0.1, 0.15) is 32.4 Å². The minimum atomic E-state index is -0.127. The molecule has 5 heteroatoms. The third-order valence-electron chi connectivity index (χ3n) is 4.31. The zero-order valence-corrected chi connectivity index (χ0v) is 13.8. The van der Waals surface area contributed by atoms with Gasteiger partial charge in [0.25, 0.3) is 5.56 Å². The monoisotopic (exact) mass is 312 g/mol. The van der Waals surface area contributed by atoms with E-state index in [0.717, 1.165) is 36.8 Å². The molecule has 2 aromatic rings. The Morgan fingerprint density at radius 1 is 1.35 bits per heavy atom.